The molecule has 0 amide bonds. The highest BCUT2D eigenvalue weighted by molar-refractivity contribution is 5.62. The molecule has 0 saturated carbocycles. The van der Waals surface area contributed by atoms with Gasteiger partial charge in [0, 0.05) is 12.1 Å². The van der Waals surface area contributed by atoms with Gasteiger partial charge in [-0.25, -0.2) is 0 Å². The van der Waals surface area contributed by atoms with Crippen LogP contribution in [0, 0.1) is 0 Å². The van der Waals surface area contributed by atoms with E-state index < -0.39 is 0 Å². The van der Waals surface area contributed by atoms with Gasteiger partial charge in [-0.3, -0.25) is 0 Å². The summed E-state index contributed by atoms with van der Waals surface area (Å²) in [6.45, 7) is 1.56. The van der Waals surface area contributed by atoms with Crippen molar-refractivity contribution >= 4 is 5.69 Å². The fourth-order valence-electron chi connectivity index (χ4n) is 1.37. The van der Waals surface area contributed by atoms with Gasteiger partial charge in [0.1, 0.15) is 12.4 Å². The normalized spacial score (nSPS) is 14.4. The number of fused-ring (bicyclic) bond motifs is 1. The highest BCUT2D eigenvalue weighted by atomic mass is 16.5. The lowest BCUT2D eigenvalue weighted by molar-refractivity contribution is 0.279. The summed E-state index contributed by atoms with van der Waals surface area (Å²) < 4.78 is 5.39. The fourth-order valence-corrected chi connectivity index (χ4v) is 1.37. The highest BCUT2D eigenvalue weighted by Crippen LogP contribution is 2.30. The van der Waals surface area contributed by atoms with Crippen LogP contribution in [0.25, 0.3) is 0 Å². The largest absolute Gasteiger partial charge is 0.490 e. The van der Waals surface area contributed by atoms with Crippen LogP contribution in [-0.2, 0) is 6.61 Å². The summed E-state index contributed by atoms with van der Waals surface area (Å²) in [5.74, 6) is 0.841. The molecule has 2 rings (SSSR count). The molecule has 3 heteroatoms. The molecule has 0 aliphatic carbocycles. The molecule has 0 unspecified atom stereocenters. The molecule has 2 N–H and O–H groups in total. The Labute approximate surface area is 71.0 Å². The van der Waals surface area contributed by atoms with E-state index in [0.717, 1.165) is 23.5 Å². The van der Waals surface area contributed by atoms with E-state index >= 15 is 0 Å². The molecule has 1 aromatic carbocycles. The first-order valence-electron chi connectivity index (χ1n) is 4.01. The molecule has 1 aromatic rings. The summed E-state index contributed by atoms with van der Waals surface area (Å²) in [5, 5.41) is 12.2. The first-order valence-corrected chi connectivity index (χ1v) is 4.01. The number of hydrogen-bond acceptors (Lipinski definition) is 3. The Balaban J connectivity index is 2.44. The maximum absolute atomic E-state index is 9.00. The smallest absolute Gasteiger partial charge is 0.142 e. The topological polar surface area (TPSA) is 41.5 Å². The molecule has 1 aliphatic heterocycles. The minimum atomic E-state index is 0.0551. The van der Waals surface area contributed by atoms with E-state index in [1.165, 1.54) is 0 Å². The quantitative estimate of drug-likeness (QED) is 0.651. The number of benzene rings is 1. The van der Waals surface area contributed by atoms with Gasteiger partial charge in [0.05, 0.1) is 12.3 Å². The van der Waals surface area contributed by atoms with E-state index in [9.17, 15) is 0 Å². The summed E-state index contributed by atoms with van der Waals surface area (Å²) in [6, 6.07) is 5.68. The maximum Gasteiger partial charge on any atom is 0.142 e. The third-order valence-corrected chi connectivity index (χ3v) is 1.94. The van der Waals surface area contributed by atoms with E-state index in [4.69, 9.17) is 9.84 Å². The Morgan fingerprint density at radius 1 is 1.50 bits per heavy atom. The molecule has 1 heterocycles. The molecule has 0 radical (unpaired) electrons. The molecular weight excluding hydrogens is 154 g/mol. The fraction of sp³-hybridized carbons (Fsp3) is 0.333. The zero-order chi connectivity index (χ0) is 8.39. The zero-order valence-corrected chi connectivity index (χ0v) is 6.71. The molecule has 0 bridgehead atoms. The van der Waals surface area contributed by atoms with E-state index in [1.54, 1.807) is 0 Å². The standard InChI is InChI=1S/C9H11NO2/c11-6-7-2-1-3-8-9(7)10-4-5-12-8/h1-3,10-11H,4-6H2. The molecule has 3 nitrogen and oxygen atoms in total. The molecular formula is C9H11NO2. The van der Waals surface area contributed by atoms with Gasteiger partial charge in [-0.15, -0.1) is 0 Å². The second-order valence-electron chi connectivity index (χ2n) is 2.72. The van der Waals surface area contributed by atoms with Gasteiger partial charge in [-0.1, -0.05) is 12.1 Å². The van der Waals surface area contributed by atoms with E-state index in [2.05, 4.69) is 5.32 Å². The molecule has 0 aromatic heterocycles. The number of ether oxygens (including phenoxy) is 1. The Hall–Kier alpha value is -1.22. The number of hydrogen-bond donors (Lipinski definition) is 2. The lowest BCUT2D eigenvalue weighted by Crippen LogP contribution is -2.19. The van der Waals surface area contributed by atoms with E-state index in [-0.39, 0.29) is 6.61 Å². The Kier molecular flexibility index (Phi) is 1.87. The van der Waals surface area contributed by atoms with Gasteiger partial charge >= 0.3 is 0 Å². The lowest BCUT2D eigenvalue weighted by Gasteiger charge is -2.20. The van der Waals surface area contributed by atoms with Crippen LogP contribution in [0.4, 0.5) is 5.69 Å². The van der Waals surface area contributed by atoms with Crippen molar-refractivity contribution in [3.05, 3.63) is 23.8 Å². The number of para-hydroxylation sites is 1. The number of aliphatic hydroxyl groups is 1. The average Bonchev–Trinajstić information content (AvgIpc) is 2.17. The number of rotatable bonds is 1. The first-order chi connectivity index (χ1) is 5.92. The molecule has 1 aliphatic rings. The second-order valence-corrected chi connectivity index (χ2v) is 2.72. The van der Waals surface area contributed by atoms with Crippen LogP contribution in [0.3, 0.4) is 0 Å². The van der Waals surface area contributed by atoms with Gasteiger partial charge in [-0.2, -0.15) is 0 Å². The van der Waals surface area contributed by atoms with Crippen LogP contribution < -0.4 is 10.1 Å². The minimum absolute atomic E-state index is 0.0551. The summed E-state index contributed by atoms with van der Waals surface area (Å²) in [5.41, 5.74) is 1.83. The Morgan fingerprint density at radius 3 is 3.25 bits per heavy atom. The summed E-state index contributed by atoms with van der Waals surface area (Å²) in [7, 11) is 0. The monoisotopic (exact) mass is 165 g/mol. The Bertz CT molecular complexity index is 272. The molecule has 12 heavy (non-hydrogen) atoms. The third kappa shape index (κ3) is 1.12. The lowest BCUT2D eigenvalue weighted by atomic mass is 10.1. The molecule has 0 fully saturated rings. The predicted molar refractivity (Wildman–Crippen MR) is 46.3 cm³/mol. The molecule has 0 spiro atoms. The van der Waals surface area contributed by atoms with Crippen LogP contribution in [0.1, 0.15) is 5.56 Å². The summed E-state index contributed by atoms with van der Waals surface area (Å²) >= 11 is 0. The number of aliphatic hydroxyl groups excluding tert-OH is 1. The van der Waals surface area contributed by atoms with Crippen molar-refractivity contribution in [1.29, 1.82) is 0 Å². The van der Waals surface area contributed by atoms with E-state index in [1.807, 2.05) is 18.2 Å². The van der Waals surface area contributed by atoms with Crippen molar-refractivity contribution < 1.29 is 9.84 Å². The average molecular weight is 165 g/mol. The third-order valence-electron chi connectivity index (χ3n) is 1.94. The van der Waals surface area contributed by atoms with Crippen LogP contribution in [-0.4, -0.2) is 18.3 Å². The van der Waals surface area contributed by atoms with Gasteiger partial charge in [-0.05, 0) is 6.07 Å². The summed E-state index contributed by atoms with van der Waals surface area (Å²) in [6.07, 6.45) is 0. The zero-order valence-electron chi connectivity index (χ0n) is 6.71. The van der Waals surface area contributed by atoms with Crippen molar-refractivity contribution in [2.45, 2.75) is 6.61 Å². The second kappa shape index (κ2) is 3.03. The van der Waals surface area contributed by atoms with Crippen molar-refractivity contribution in [2.24, 2.45) is 0 Å². The van der Waals surface area contributed by atoms with Crippen molar-refractivity contribution in [1.82, 2.24) is 0 Å². The number of nitrogens with one attached hydrogen (secondary N) is 1. The predicted octanol–water partition coefficient (Wildman–Crippen LogP) is 0.983. The van der Waals surface area contributed by atoms with Gasteiger partial charge in [0.25, 0.3) is 0 Å². The van der Waals surface area contributed by atoms with Crippen LogP contribution >= 0.6 is 0 Å². The van der Waals surface area contributed by atoms with Gasteiger partial charge in [0.2, 0.25) is 0 Å². The molecule has 0 saturated heterocycles. The number of anilines is 1. The summed E-state index contributed by atoms with van der Waals surface area (Å²) in [4.78, 5) is 0. The SMILES string of the molecule is OCc1cccc2c1NCCO2. The van der Waals surface area contributed by atoms with Crippen molar-refractivity contribution in [3.63, 3.8) is 0 Å². The maximum atomic E-state index is 9.00. The van der Waals surface area contributed by atoms with Crippen LogP contribution in [0.5, 0.6) is 5.75 Å². The molecule has 0 atom stereocenters. The van der Waals surface area contributed by atoms with Crippen LogP contribution in [0.2, 0.25) is 0 Å². The van der Waals surface area contributed by atoms with Crippen molar-refractivity contribution in [2.75, 3.05) is 18.5 Å². The minimum Gasteiger partial charge on any atom is -0.490 e. The Morgan fingerprint density at radius 2 is 2.42 bits per heavy atom. The van der Waals surface area contributed by atoms with Crippen molar-refractivity contribution in [3.8, 4) is 5.75 Å². The first kappa shape index (κ1) is 7.43. The highest BCUT2D eigenvalue weighted by Gasteiger charge is 2.11. The van der Waals surface area contributed by atoms with Gasteiger partial charge in [0.15, 0.2) is 0 Å². The van der Waals surface area contributed by atoms with Crippen LogP contribution in [0.15, 0.2) is 18.2 Å². The van der Waals surface area contributed by atoms with E-state index in [0.29, 0.717) is 6.61 Å². The molecule has 64 valence electrons. The van der Waals surface area contributed by atoms with Gasteiger partial charge < -0.3 is 15.2 Å².